The molecule has 1 atom stereocenters. The van der Waals surface area contributed by atoms with Gasteiger partial charge in [0.2, 0.25) is 0 Å². The number of carbonyl (C=O) groups is 1. The van der Waals surface area contributed by atoms with Gasteiger partial charge in [-0.2, -0.15) is 0 Å². The summed E-state index contributed by atoms with van der Waals surface area (Å²) < 4.78 is 29.3. The lowest BCUT2D eigenvalue weighted by Gasteiger charge is -2.25. The normalized spacial score (nSPS) is 14.5. The second-order valence-corrected chi connectivity index (χ2v) is 13.7. The molecule has 0 spiro atoms. The van der Waals surface area contributed by atoms with Crippen LogP contribution in [0.3, 0.4) is 0 Å². The largest absolute Gasteiger partial charge is 0.497 e. The molecule has 0 fully saturated rings. The van der Waals surface area contributed by atoms with Crippen LogP contribution in [-0.4, -0.2) is 17.6 Å². The van der Waals surface area contributed by atoms with Gasteiger partial charge in [0.05, 0.1) is 36.1 Å². The van der Waals surface area contributed by atoms with Gasteiger partial charge >= 0.3 is 0 Å². The summed E-state index contributed by atoms with van der Waals surface area (Å²) in [5.41, 5.74) is 3.26. The second kappa shape index (κ2) is 13.9. The summed E-state index contributed by atoms with van der Waals surface area (Å²) in [6, 6.07) is 26.2. The molecule has 46 heavy (non-hydrogen) atoms. The Balaban J connectivity index is 1.40. The Kier molecular flexibility index (Phi) is 9.70. The van der Waals surface area contributed by atoms with Gasteiger partial charge in [-0.05, 0) is 112 Å². The molecule has 1 aromatic heterocycles. The zero-order valence-electron chi connectivity index (χ0n) is 24.6. The highest BCUT2D eigenvalue weighted by atomic mass is 127. The van der Waals surface area contributed by atoms with Gasteiger partial charge in [-0.15, -0.1) is 0 Å². The van der Waals surface area contributed by atoms with Gasteiger partial charge in [-0.25, -0.2) is 9.38 Å². The summed E-state index contributed by atoms with van der Waals surface area (Å²) in [5, 5.41) is 2.97. The predicted molar refractivity (Wildman–Crippen MR) is 194 cm³/mol. The van der Waals surface area contributed by atoms with Crippen molar-refractivity contribution in [3.8, 4) is 11.5 Å². The van der Waals surface area contributed by atoms with Crippen molar-refractivity contribution in [3.05, 3.63) is 152 Å². The quantitative estimate of drug-likeness (QED) is 0.174. The van der Waals surface area contributed by atoms with E-state index in [4.69, 9.17) is 14.5 Å². The van der Waals surface area contributed by atoms with E-state index in [1.807, 2.05) is 72.8 Å². The molecule has 6 rings (SSSR count). The molecule has 0 saturated heterocycles. The van der Waals surface area contributed by atoms with Crippen molar-refractivity contribution in [3.63, 3.8) is 0 Å². The van der Waals surface area contributed by atoms with E-state index in [9.17, 15) is 14.0 Å². The van der Waals surface area contributed by atoms with Crippen molar-refractivity contribution in [2.45, 2.75) is 19.6 Å². The van der Waals surface area contributed by atoms with Gasteiger partial charge in [0.15, 0.2) is 4.80 Å². The number of allylic oxidation sites excluding steroid dienone is 1. The van der Waals surface area contributed by atoms with E-state index in [1.165, 1.54) is 17.4 Å². The molecule has 2 heterocycles. The monoisotopic (exact) mass is 857 g/mol. The molecule has 0 saturated carbocycles. The highest BCUT2D eigenvalue weighted by Gasteiger charge is 2.32. The first-order chi connectivity index (χ1) is 22.2. The molecule has 4 aromatic carbocycles. The Morgan fingerprint density at radius 3 is 2.46 bits per heavy atom. The zero-order valence-corrected chi connectivity index (χ0v) is 29.7. The average Bonchev–Trinajstić information content (AvgIpc) is 3.34. The Bertz CT molecular complexity index is 2160. The number of nitrogens with one attached hydrogen (secondary N) is 1. The molecule has 0 radical (unpaired) electrons. The maximum absolute atomic E-state index is 14.1. The Morgan fingerprint density at radius 1 is 1.02 bits per heavy atom. The molecule has 1 N–H and O–H groups in total. The van der Waals surface area contributed by atoms with Gasteiger partial charge in [0.25, 0.3) is 11.5 Å². The van der Waals surface area contributed by atoms with Crippen LogP contribution in [-0.2, 0) is 11.4 Å². The molecular weight excluding hydrogens is 831 g/mol. The first-order valence-corrected chi connectivity index (χ1v) is 17.1. The second-order valence-electron chi connectivity index (χ2n) is 10.4. The van der Waals surface area contributed by atoms with Crippen molar-refractivity contribution < 1.29 is 18.7 Å². The van der Waals surface area contributed by atoms with E-state index in [-0.39, 0.29) is 23.9 Å². The third kappa shape index (κ3) is 6.67. The number of para-hydroxylation sites is 1. The lowest BCUT2D eigenvalue weighted by atomic mass is 9.95. The van der Waals surface area contributed by atoms with Crippen LogP contribution in [0.25, 0.3) is 6.08 Å². The standard InChI is InChI=1S/C35H26FI2N3O4S/c1-20-30(33(42)40-24-11-4-3-5-12-24)31(22-10-8-13-25(18-22)44-2)41-34(43)29(46-35(41)39-20)17-21-15-27(37)32(28(38)16-21)45-19-23-9-6-7-14-26(23)36/h3-18,31H,19H2,1-2H3,(H,40,42)/b29-17-/t31-/m0/s1. The van der Waals surface area contributed by atoms with Gasteiger partial charge in [-0.1, -0.05) is 59.9 Å². The first kappa shape index (κ1) is 32.1. The minimum atomic E-state index is -0.730. The van der Waals surface area contributed by atoms with Crippen molar-refractivity contribution in [2.75, 3.05) is 12.4 Å². The number of carbonyl (C=O) groups excluding carboxylic acids is 1. The number of aromatic nitrogens is 1. The third-order valence-electron chi connectivity index (χ3n) is 7.36. The summed E-state index contributed by atoms with van der Waals surface area (Å²) >= 11 is 5.64. The molecule has 0 bridgehead atoms. The van der Waals surface area contributed by atoms with Gasteiger partial charge in [-0.3, -0.25) is 14.2 Å². The van der Waals surface area contributed by atoms with E-state index in [0.29, 0.717) is 43.4 Å². The summed E-state index contributed by atoms with van der Waals surface area (Å²) in [7, 11) is 1.58. The van der Waals surface area contributed by atoms with Crippen molar-refractivity contribution in [1.29, 1.82) is 0 Å². The lowest BCUT2D eigenvalue weighted by molar-refractivity contribution is -0.113. The Labute approximate surface area is 295 Å². The number of benzene rings is 4. The first-order valence-electron chi connectivity index (χ1n) is 14.1. The van der Waals surface area contributed by atoms with Crippen LogP contribution in [0.1, 0.15) is 29.7 Å². The van der Waals surface area contributed by atoms with Crippen LogP contribution >= 0.6 is 56.5 Å². The molecule has 232 valence electrons. The van der Waals surface area contributed by atoms with E-state index < -0.39 is 6.04 Å². The minimum absolute atomic E-state index is 0.0976. The molecule has 1 amide bonds. The fourth-order valence-corrected chi connectivity index (χ4v) is 8.35. The van der Waals surface area contributed by atoms with Crippen LogP contribution in [0.15, 0.2) is 112 Å². The van der Waals surface area contributed by atoms with Crippen molar-refractivity contribution in [1.82, 2.24) is 4.57 Å². The average molecular weight is 857 g/mol. The number of nitrogens with zero attached hydrogens (tertiary/aromatic N) is 2. The molecule has 0 aliphatic carbocycles. The predicted octanol–water partition coefficient (Wildman–Crippen LogP) is 6.81. The number of thiazole rings is 1. The van der Waals surface area contributed by atoms with Crippen LogP contribution in [0.5, 0.6) is 11.5 Å². The van der Waals surface area contributed by atoms with Crippen molar-refractivity contribution in [2.24, 2.45) is 4.99 Å². The van der Waals surface area contributed by atoms with E-state index in [0.717, 1.165) is 18.3 Å². The highest BCUT2D eigenvalue weighted by molar-refractivity contribution is 14.1. The number of anilines is 1. The molecular formula is C35H26FI2N3O4S. The topological polar surface area (TPSA) is 81.9 Å². The Morgan fingerprint density at radius 2 is 1.74 bits per heavy atom. The number of rotatable bonds is 8. The van der Waals surface area contributed by atoms with Gasteiger partial charge in [0.1, 0.15) is 23.9 Å². The zero-order chi connectivity index (χ0) is 32.4. The van der Waals surface area contributed by atoms with Crippen LogP contribution < -0.4 is 29.7 Å². The van der Waals surface area contributed by atoms with E-state index >= 15 is 0 Å². The van der Waals surface area contributed by atoms with Gasteiger partial charge in [0, 0.05) is 11.3 Å². The molecule has 7 nitrogen and oxygen atoms in total. The minimum Gasteiger partial charge on any atom is -0.497 e. The summed E-state index contributed by atoms with van der Waals surface area (Å²) in [4.78, 5) is 33.2. The van der Waals surface area contributed by atoms with Crippen LogP contribution in [0, 0.1) is 13.0 Å². The molecule has 11 heteroatoms. The number of halogens is 3. The summed E-state index contributed by atoms with van der Waals surface area (Å²) in [5.74, 6) is 0.594. The number of ether oxygens (including phenoxy) is 2. The number of methoxy groups -OCH3 is 1. The number of hydrogen-bond acceptors (Lipinski definition) is 6. The van der Waals surface area contributed by atoms with Crippen molar-refractivity contribution >= 4 is 74.2 Å². The molecule has 1 aliphatic heterocycles. The maximum atomic E-state index is 14.1. The lowest BCUT2D eigenvalue weighted by Crippen LogP contribution is -2.40. The fraction of sp³-hybridized carbons (Fsp3) is 0.114. The Hall–Kier alpha value is -3.82. The van der Waals surface area contributed by atoms with Crippen LogP contribution in [0.2, 0.25) is 0 Å². The fourth-order valence-electron chi connectivity index (χ4n) is 5.18. The molecule has 0 unspecified atom stereocenters. The van der Waals surface area contributed by atoms with E-state index in [1.54, 1.807) is 36.8 Å². The molecule has 5 aromatic rings. The van der Waals surface area contributed by atoms with Gasteiger partial charge < -0.3 is 14.8 Å². The van der Waals surface area contributed by atoms with E-state index in [2.05, 4.69) is 50.5 Å². The molecule has 1 aliphatic rings. The maximum Gasteiger partial charge on any atom is 0.271 e. The third-order valence-corrected chi connectivity index (χ3v) is 9.94. The highest BCUT2D eigenvalue weighted by Crippen LogP contribution is 2.33. The summed E-state index contributed by atoms with van der Waals surface area (Å²) in [6.45, 7) is 1.88. The SMILES string of the molecule is COc1cccc([C@H]2C(C(=O)Nc3ccccc3)=C(C)N=c3s/c(=C\c4cc(I)c(OCc5ccccc5F)c(I)c4)c(=O)n32)c1. The summed E-state index contributed by atoms with van der Waals surface area (Å²) in [6.07, 6.45) is 1.82. The number of hydrogen-bond donors (Lipinski definition) is 1. The number of amides is 1. The smallest absolute Gasteiger partial charge is 0.271 e. The van der Waals surface area contributed by atoms with Crippen LogP contribution in [0.4, 0.5) is 10.1 Å². The number of fused-ring (bicyclic) bond motifs is 1.